The van der Waals surface area contributed by atoms with Gasteiger partial charge in [0.15, 0.2) is 0 Å². The van der Waals surface area contributed by atoms with E-state index in [0.29, 0.717) is 23.0 Å². The first-order chi connectivity index (χ1) is 14.6. The average Bonchev–Trinajstić information content (AvgIpc) is 3.28. The normalized spacial score (nSPS) is 10.6. The van der Waals surface area contributed by atoms with Gasteiger partial charge in [-0.1, -0.05) is 59.8 Å². The van der Waals surface area contributed by atoms with E-state index in [1.54, 1.807) is 19.1 Å². The number of ether oxygens (including phenoxy) is 1. The van der Waals surface area contributed by atoms with E-state index >= 15 is 0 Å². The molecule has 6 heteroatoms. The number of hydrogen-bond donors (Lipinski definition) is 0. The van der Waals surface area contributed by atoms with Crippen LogP contribution in [0, 0.1) is 0 Å². The standard InChI is InChI=1S/C24H21N3O3/c1-27(16-22-25-23(26-30-22)20-9-6-10-21(15-20)29-2)24(28)19-13-11-18(12-14-19)17-7-4-3-5-8-17/h3-15H,16H2,1-2H3. The Bertz CT molecular complexity index is 1140. The van der Waals surface area contributed by atoms with Gasteiger partial charge >= 0.3 is 0 Å². The summed E-state index contributed by atoms with van der Waals surface area (Å²) < 4.78 is 10.6. The Morgan fingerprint density at radius 1 is 0.933 bits per heavy atom. The summed E-state index contributed by atoms with van der Waals surface area (Å²) in [6, 6.07) is 25.0. The average molecular weight is 399 g/mol. The van der Waals surface area contributed by atoms with E-state index in [2.05, 4.69) is 10.1 Å². The highest BCUT2D eigenvalue weighted by atomic mass is 16.5. The number of amides is 1. The number of methoxy groups -OCH3 is 1. The maximum absolute atomic E-state index is 12.8. The molecule has 4 rings (SSSR count). The molecule has 0 atom stereocenters. The molecule has 6 nitrogen and oxygen atoms in total. The predicted octanol–water partition coefficient (Wildman–Crippen LogP) is 4.68. The number of nitrogens with zero attached hydrogens (tertiary/aromatic N) is 3. The lowest BCUT2D eigenvalue weighted by atomic mass is 10.0. The van der Waals surface area contributed by atoms with Gasteiger partial charge in [0, 0.05) is 18.2 Å². The molecule has 0 bridgehead atoms. The lowest BCUT2D eigenvalue weighted by Crippen LogP contribution is -2.26. The van der Waals surface area contributed by atoms with Crippen LogP contribution < -0.4 is 4.74 Å². The van der Waals surface area contributed by atoms with Gasteiger partial charge in [-0.15, -0.1) is 0 Å². The van der Waals surface area contributed by atoms with Crippen LogP contribution in [-0.2, 0) is 6.54 Å². The monoisotopic (exact) mass is 399 g/mol. The van der Waals surface area contributed by atoms with Gasteiger partial charge in [0.1, 0.15) is 5.75 Å². The third-order valence-electron chi connectivity index (χ3n) is 4.75. The van der Waals surface area contributed by atoms with Crippen molar-refractivity contribution < 1.29 is 14.1 Å². The van der Waals surface area contributed by atoms with Crippen molar-refractivity contribution in [2.45, 2.75) is 6.54 Å². The third kappa shape index (κ3) is 4.22. The molecule has 30 heavy (non-hydrogen) atoms. The molecule has 1 amide bonds. The second-order valence-electron chi connectivity index (χ2n) is 6.85. The van der Waals surface area contributed by atoms with Crippen LogP contribution in [0.25, 0.3) is 22.5 Å². The summed E-state index contributed by atoms with van der Waals surface area (Å²) in [7, 11) is 3.32. The Morgan fingerprint density at radius 3 is 2.37 bits per heavy atom. The lowest BCUT2D eigenvalue weighted by Gasteiger charge is -2.15. The minimum absolute atomic E-state index is 0.115. The Hall–Kier alpha value is -3.93. The summed E-state index contributed by atoms with van der Waals surface area (Å²) in [6.45, 7) is 0.218. The number of aromatic nitrogens is 2. The molecule has 0 radical (unpaired) electrons. The van der Waals surface area contributed by atoms with Gasteiger partial charge in [-0.25, -0.2) is 0 Å². The molecule has 3 aromatic carbocycles. The van der Waals surface area contributed by atoms with Gasteiger partial charge < -0.3 is 14.2 Å². The molecule has 0 aliphatic heterocycles. The van der Waals surface area contributed by atoms with Crippen LogP contribution in [0.1, 0.15) is 16.2 Å². The van der Waals surface area contributed by atoms with Crippen molar-refractivity contribution >= 4 is 5.91 Å². The molecule has 0 N–H and O–H groups in total. The molecular weight excluding hydrogens is 378 g/mol. The van der Waals surface area contributed by atoms with E-state index in [9.17, 15) is 4.79 Å². The highest BCUT2D eigenvalue weighted by molar-refractivity contribution is 5.94. The van der Waals surface area contributed by atoms with E-state index in [-0.39, 0.29) is 12.5 Å². The number of benzene rings is 3. The summed E-state index contributed by atoms with van der Waals surface area (Å²) in [4.78, 5) is 18.7. The van der Waals surface area contributed by atoms with E-state index in [1.807, 2.05) is 78.9 Å². The van der Waals surface area contributed by atoms with Crippen molar-refractivity contribution in [1.29, 1.82) is 0 Å². The fourth-order valence-corrected chi connectivity index (χ4v) is 3.13. The van der Waals surface area contributed by atoms with Gasteiger partial charge in [0.2, 0.25) is 11.7 Å². The van der Waals surface area contributed by atoms with Crippen molar-refractivity contribution in [2.24, 2.45) is 0 Å². The molecule has 0 saturated carbocycles. The van der Waals surface area contributed by atoms with E-state index in [0.717, 1.165) is 16.7 Å². The number of carbonyl (C=O) groups excluding carboxylic acids is 1. The van der Waals surface area contributed by atoms with Crippen molar-refractivity contribution in [3.05, 3.63) is 90.3 Å². The van der Waals surface area contributed by atoms with Gasteiger partial charge in [0.25, 0.3) is 5.91 Å². The lowest BCUT2D eigenvalue weighted by molar-refractivity contribution is 0.0769. The van der Waals surface area contributed by atoms with Crippen LogP contribution in [0.5, 0.6) is 5.75 Å². The molecular formula is C24H21N3O3. The maximum atomic E-state index is 12.8. The van der Waals surface area contributed by atoms with Gasteiger partial charge in [0.05, 0.1) is 13.7 Å². The van der Waals surface area contributed by atoms with Crippen molar-refractivity contribution in [3.8, 4) is 28.3 Å². The molecule has 150 valence electrons. The predicted molar refractivity (Wildman–Crippen MR) is 114 cm³/mol. The van der Waals surface area contributed by atoms with Crippen molar-refractivity contribution in [1.82, 2.24) is 15.0 Å². The molecule has 1 heterocycles. The number of carbonyl (C=O) groups is 1. The molecule has 0 aliphatic rings. The minimum atomic E-state index is -0.115. The largest absolute Gasteiger partial charge is 0.497 e. The SMILES string of the molecule is COc1cccc(-c2noc(CN(C)C(=O)c3ccc(-c4ccccc4)cc3)n2)c1. The molecule has 0 spiro atoms. The first kappa shape index (κ1) is 19.4. The fraction of sp³-hybridized carbons (Fsp3) is 0.125. The third-order valence-corrected chi connectivity index (χ3v) is 4.75. The van der Waals surface area contributed by atoms with Gasteiger partial charge in [-0.2, -0.15) is 4.98 Å². The number of hydrogen-bond acceptors (Lipinski definition) is 5. The zero-order valence-corrected chi connectivity index (χ0v) is 16.8. The van der Waals surface area contributed by atoms with Gasteiger partial charge in [-0.05, 0) is 35.4 Å². The highest BCUT2D eigenvalue weighted by Gasteiger charge is 2.16. The molecule has 0 aliphatic carbocycles. The zero-order valence-electron chi connectivity index (χ0n) is 16.8. The number of rotatable bonds is 6. The minimum Gasteiger partial charge on any atom is -0.497 e. The molecule has 1 aromatic heterocycles. The van der Waals surface area contributed by atoms with Crippen LogP contribution in [0.2, 0.25) is 0 Å². The highest BCUT2D eigenvalue weighted by Crippen LogP contribution is 2.22. The summed E-state index contributed by atoms with van der Waals surface area (Å²) in [5.41, 5.74) is 3.56. The second kappa shape index (κ2) is 8.61. The van der Waals surface area contributed by atoms with Crippen LogP contribution in [0.4, 0.5) is 0 Å². The molecule has 0 fully saturated rings. The first-order valence-electron chi connectivity index (χ1n) is 9.52. The van der Waals surface area contributed by atoms with Crippen LogP contribution >= 0.6 is 0 Å². The summed E-state index contributed by atoms with van der Waals surface area (Å²) in [5, 5.41) is 4.01. The zero-order chi connectivity index (χ0) is 20.9. The Morgan fingerprint density at radius 2 is 1.63 bits per heavy atom. The Labute approximate surface area is 174 Å². The Kier molecular flexibility index (Phi) is 5.57. The van der Waals surface area contributed by atoms with E-state index < -0.39 is 0 Å². The van der Waals surface area contributed by atoms with E-state index in [4.69, 9.17) is 9.26 Å². The molecule has 0 unspecified atom stereocenters. The first-order valence-corrected chi connectivity index (χ1v) is 9.52. The fourth-order valence-electron chi connectivity index (χ4n) is 3.13. The summed E-state index contributed by atoms with van der Waals surface area (Å²) in [6.07, 6.45) is 0. The van der Waals surface area contributed by atoms with Crippen LogP contribution in [0.3, 0.4) is 0 Å². The summed E-state index contributed by atoms with van der Waals surface area (Å²) >= 11 is 0. The molecule has 0 saturated heterocycles. The van der Waals surface area contributed by atoms with E-state index in [1.165, 1.54) is 0 Å². The maximum Gasteiger partial charge on any atom is 0.254 e. The quantitative estimate of drug-likeness (QED) is 0.471. The van der Waals surface area contributed by atoms with Crippen molar-refractivity contribution in [2.75, 3.05) is 14.2 Å². The van der Waals surface area contributed by atoms with Crippen LogP contribution in [-0.4, -0.2) is 35.1 Å². The topological polar surface area (TPSA) is 68.5 Å². The molecule has 4 aromatic rings. The van der Waals surface area contributed by atoms with Crippen LogP contribution in [0.15, 0.2) is 83.4 Å². The van der Waals surface area contributed by atoms with Gasteiger partial charge in [-0.3, -0.25) is 4.79 Å². The Balaban J connectivity index is 1.44. The van der Waals surface area contributed by atoms with Crippen molar-refractivity contribution in [3.63, 3.8) is 0 Å². The second-order valence-corrected chi connectivity index (χ2v) is 6.85. The summed E-state index contributed by atoms with van der Waals surface area (Å²) in [5.74, 6) is 1.42. The smallest absolute Gasteiger partial charge is 0.254 e.